The third-order valence-corrected chi connectivity index (χ3v) is 5.47. The number of piperidine rings is 1. The molecular formula is C19H20ClF4N3O4S. The number of anilines is 1. The molecule has 1 aliphatic heterocycles. The van der Waals surface area contributed by atoms with Crippen LogP contribution in [0.25, 0.3) is 0 Å². The first-order valence-corrected chi connectivity index (χ1v) is 10.8. The van der Waals surface area contributed by atoms with Crippen LogP contribution in [0.15, 0.2) is 24.4 Å². The molecule has 1 fully saturated rings. The summed E-state index contributed by atoms with van der Waals surface area (Å²) in [5.74, 6) is -0.857. The van der Waals surface area contributed by atoms with Gasteiger partial charge in [-0.3, -0.25) is 4.68 Å². The van der Waals surface area contributed by atoms with Gasteiger partial charge in [0.05, 0.1) is 24.5 Å². The first-order chi connectivity index (χ1) is 15.1. The minimum Gasteiger partial charge on any atom is -0.462 e. The van der Waals surface area contributed by atoms with E-state index in [0.717, 1.165) is 10.9 Å². The van der Waals surface area contributed by atoms with Crippen molar-refractivity contribution in [2.45, 2.75) is 37.7 Å². The van der Waals surface area contributed by atoms with Crippen LogP contribution in [0.5, 0.6) is 5.75 Å². The van der Waals surface area contributed by atoms with Gasteiger partial charge in [0, 0.05) is 18.1 Å². The lowest BCUT2D eigenvalue weighted by atomic mass is 10.0. The van der Waals surface area contributed by atoms with E-state index in [2.05, 4.69) is 5.10 Å². The summed E-state index contributed by atoms with van der Waals surface area (Å²) < 4.78 is 64.2. The second-order valence-electron chi connectivity index (χ2n) is 6.92. The third kappa shape index (κ3) is 5.78. The quantitative estimate of drug-likeness (QED) is 0.236. The summed E-state index contributed by atoms with van der Waals surface area (Å²) in [6, 6.07) is 3.77. The molecule has 1 aliphatic rings. The van der Waals surface area contributed by atoms with Crippen LogP contribution in [0, 0.1) is 0 Å². The summed E-state index contributed by atoms with van der Waals surface area (Å²) in [4.78, 5) is 13.8. The van der Waals surface area contributed by atoms with E-state index in [1.165, 1.54) is 18.2 Å². The molecule has 1 atom stereocenters. The fraction of sp³-hybridized carbons (Fsp3) is 0.474. The van der Waals surface area contributed by atoms with Crippen molar-refractivity contribution in [2.75, 3.05) is 24.6 Å². The molecule has 1 unspecified atom stereocenters. The van der Waals surface area contributed by atoms with E-state index in [-0.39, 0.29) is 24.5 Å². The molecule has 1 saturated heterocycles. The van der Waals surface area contributed by atoms with E-state index in [1.807, 2.05) is 0 Å². The number of rotatable bonds is 8. The molecule has 32 heavy (non-hydrogen) atoms. The number of halogens is 5. The number of carbonyl (C=O) groups excluding carboxylic acids is 1. The van der Waals surface area contributed by atoms with Crippen LogP contribution in [-0.4, -0.2) is 46.0 Å². The van der Waals surface area contributed by atoms with Gasteiger partial charge in [0.25, 0.3) is 6.43 Å². The Hall–Kier alpha value is -2.18. The summed E-state index contributed by atoms with van der Waals surface area (Å²) in [6.07, 6.45) is -0.829. The Labute approximate surface area is 190 Å². The van der Waals surface area contributed by atoms with Crippen molar-refractivity contribution in [1.82, 2.24) is 9.78 Å². The number of hydrogen-bond donors (Lipinski definition) is 1. The predicted octanol–water partition coefficient (Wildman–Crippen LogP) is 5.06. The molecule has 0 saturated carbocycles. The molecule has 0 spiro atoms. The molecule has 1 aromatic carbocycles. The SMILES string of the molecule is CCOC(=O)c1cnn(C2CCCN(c3cc(Cl)ccc3OSC(O)(F)F)C2)c1C(F)F. The first-order valence-electron chi connectivity index (χ1n) is 9.63. The molecule has 0 amide bonds. The predicted molar refractivity (Wildman–Crippen MR) is 110 cm³/mol. The van der Waals surface area contributed by atoms with Crippen molar-refractivity contribution in [2.24, 2.45) is 0 Å². The third-order valence-electron chi connectivity index (χ3n) is 4.77. The zero-order chi connectivity index (χ0) is 23.5. The van der Waals surface area contributed by atoms with E-state index in [1.54, 1.807) is 11.8 Å². The molecule has 2 aromatic rings. The van der Waals surface area contributed by atoms with Crippen LogP contribution in [0.2, 0.25) is 5.02 Å². The van der Waals surface area contributed by atoms with Gasteiger partial charge >= 0.3 is 11.4 Å². The number of benzene rings is 1. The number of nitrogens with zero attached hydrogens (tertiary/aromatic N) is 3. The molecule has 2 heterocycles. The van der Waals surface area contributed by atoms with E-state index < -0.39 is 41.6 Å². The number of hydrogen-bond acceptors (Lipinski definition) is 7. The van der Waals surface area contributed by atoms with Gasteiger partial charge in [-0.1, -0.05) is 11.6 Å². The highest BCUT2D eigenvalue weighted by Crippen LogP contribution is 2.39. The van der Waals surface area contributed by atoms with Crippen molar-refractivity contribution in [1.29, 1.82) is 0 Å². The molecule has 13 heteroatoms. The van der Waals surface area contributed by atoms with Gasteiger partial charge in [0.15, 0.2) is 17.8 Å². The van der Waals surface area contributed by atoms with Crippen LogP contribution in [0.1, 0.15) is 48.3 Å². The molecule has 0 aliphatic carbocycles. The Morgan fingerprint density at radius 3 is 2.84 bits per heavy atom. The smallest absolute Gasteiger partial charge is 0.442 e. The average molecular weight is 498 g/mol. The van der Waals surface area contributed by atoms with Crippen LogP contribution in [-0.2, 0) is 4.74 Å². The van der Waals surface area contributed by atoms with E-state index in [4.69, 9.17) is 25.6 Å². The molecule has 0 radical (unpaired) electrons. The Kier molecular flexibility index (Phi) is 7.78. The fourth-order valence-electron chi connectivity index (χ4n) is 3.52. The molecule has 3 rings (SSSR count). The van der Waals surface area contributed by atoms with Gasteiger partial charge in [-0.25, -0.2) is 13.6 Å². The summed E-state index contributed by atoms with van der Waals surface area (Å²) in [5, 5.41) is 13.0. The largest absolute Gasteiger partial charge is 0.462 e. The number of ether oxygens (including phenoxy) is 1. The van der Waals surface area contributed by atoms with Gasteiger partial charge in [0.2, 0.25) is 0 Å². The van der Waals surface area contributed by atoms with Crippen LogP contribution < -0.4 is 9.08 Å². The zero-order valence-electron chi connectivity index (χ0n) is 16.8. The molecule has 1 N–H and O–H groups in total. The topological polar surface area (TPSA) is 76.8 Å². The second kappa shape index (κ2) is 10.2. The number of alkyl halides is 4. The average Bonchev–Trinajstić information content (AvgIpc) is 3.18. The minimum atomic E-state index is -4.11. The lowest BCUT2D eigenvalue weighted by Crippen LogP contribution is -2.37. The number of aliphatic hydroxyl groups is 1. The molecule has 0 bridgehead atoms. The summed E-state index contributed by atoms with van der Waals surface area (Å²) in [7, 11) is 0. The fourth-order valence-corrected chi connectivity index (χ4v) is 4.02. The number of aromatic nitrogens is 2. The number of carbonyl (C=O) groups is 1. The van der Waals surface area contributed by atoms with E-state index in [0.29, 0.717) is 30.1 Å². The van der Waals surface area contributed by atoms with Gasteiger partial charge in [-0.05, 0) is 38.0 Å². The van der Waals surface area contributed by atoms with Gasteiger partial charge in [-0.2, -0.15) is 13.9 Å². The van der Waals surface area contributed by atoms with Gasteiger partial charge < -0.3 is 18.9 Å². The standard InChI is InChI=1S/C19H20ClF4N3O4S/c1-2-30-18(28)13-9-25-27(16(13)17(21)22)12-4-3-7-26(10-12)14-8-11(20)5-6-15(14)31-32-19(23,24)29/h5-6,8-9,12,17,29H,2-4,7,10H2,1H3. The maximum atomic E-state index is 13.8. The van der Waals surface area contributed by atoms with Crippen molar-refractivity contribution < 1.29 is 36.4 Å². The lowest BCUT2D eigenvalue weighted by molar-refractivity contribution is -0.114. The highest BCUT2D eigenvalue weighted by molar-refractivity contribution is 7.95. The molecular weight excluding hydrogens is 478 g/mol. The Balaban J connectivity index is 1.88. The maximum absolute atomic E-state index is 13.8. The normalized spacial score (nSPS) is 17.0. The molecule has 1 aromatic heterocycles. The second-order valence-corrected chi connectivity index (χ2v) is 8.18. The van der Waals surface area contributed by atoms with Gasteiger partial charge in [0.1, 0.15) is 11.3 Å². The lowest BCUT2D eigenvalue weighted by Gasteiger charge is -2.35. The molecule has 7 nitrogen and oxygen atoms in total. The Morgan fingerprint density at radius 1 is 1.44 bits per heavy atom. The van der Waals surface area contributed by atoms with Crippen molar-refractivity contribution in [3.05, 3.63) is 40.7 Å². The summed E-state index contributed by atoms with van der Waals surface area (Å²) in [5.41, 5.74) is -4.58. The highest BCUT2D eigenvalue weighted by Gasteiger charge is 2.33. The Bertz CT molecular complexity index is 957. The van der Waals surface area contributed by atoms with Crippen molar-refractivity contribution in [3.8, 4) is 5.75 Å². The van der Waals surface area contributed by atoms with Crippen LogP contribution in [0.3, 0.4) is 0 Å². The summed E-state index contributed by atoms with van der Waals surface area (Å²) in [6.45, 7) is 2.26. The van der Waals surface area contributed by atoms with Crippen molar-refractivity contribution in [3.63, 3.8) is 0 Å². The number of esters is 1. The summed E-state index contributed by atoms with van der Waals surface area (Å²) >= 11 is 5.63. The highest BCUT2D eigenvalue weighted by atomic mass is 35.5. The molecule has 176 valence electrons. The Morgan fingerprint density at radius 2 is 2.19 bits per heavy atom. The van der Waals surface area contributed by atoms with E-state index >= 15 is 0 Å². The van der Waals surface area contributed by atoms with Gasteiger partial charge in [-0.15, -0.1) is 0 Å². The van der Waals surface area contributed by atoms with E-state index in [9.17, 15) is 22.4 Å². The zero-order valence-corrected chi connectivity index (χ0v) is 18.4. The minimum absolute atomic E-state index is 0.0236. The maximum Gasteiger partial charge on any atom is 0.442 e. The van der Waals surface area contributed by atoms with Crippen LogP contribution in [0.4, 0.5) is 23.2 Å². The first kappa shape index (κ1) is 24.5. The van der Waals surface area contributed by atoms with Crippen LogP contribution >= 0.6 is 23.6 Å². The monoisotopic (exact) mass is 497 g/mol. The van der Waals surface area contributed by atoms with Crippen molar-refractivity contribution >= 4 is 35.3 Å².